The fourth-order valence-electron chi connectivity index (χ4n) is 4.12. The fourth-order valence-corrected chi connectivity index (χ4v) is 4.12. The molecule has 1 aliphatic heterocycles. The number of nitriles is 1. The van der Waals surface area contributed by atoms with Crippen LogP contribution in [0, 0.1) is 29.0 Å². The highest BCUT2D eigenvalue weighted by Crippen LogP contribution is 2.35. The molecule has 7 nitrogen and oxygen atoms in total. The van der Waals surface area contributed by atoms with Crippen LogP contribution in [0.4, 0.5) is 4.39 Å². The van der Waals surface area contributed by atoms with Gasteiger partial charge in [0.15, 0.2) is 0 Å². The molecule has 0 spiro atoms. The zero-order valence-corrected chi connectivity index (χ0v) is 16.5. The molecule has 8 heteroatoms. The van der Waals surface area contributed by atoms with Crippen LogP contribution in [0.2, 0.25) is 0 Å². The van der Waals surface area contributed by atoms with Gasteiger partial charge in [-0.05, 0) is 43.7 Å². The summed E-state index contributed by atoms with van der Waals surface area (Å²) < 4.78 is 19.2. The summed E-state index contributed by atoms with van der Waals surface area (Å²) in [6, 6.07) is 5.74. The number of hydrogen-bond donors (Lipinski definition) is 0. The van der Waals surface area contributed by atoms with Crippen LogP contribution in [0.25, 0.3) is 0 Å². The van der Waals surface area contributed by atoms with Crippen molar-refractivity contribution in [1.82, 2.24) is 15.0 Å². The lowest BCUT2D eigenvalue weighted by Gasteiger charge is -2.31. The standard InChI is InChI=1S/C22H23FN4O3/c23-18-9-16(12-24)10-19(11-18)29-14-15-1-3-17(4-2-15)22(28)27-21(5-8-30-27)20-13-25-6-7-26-20/h6-7,9-11,13,15,17,21H,1-5,8,14H2/t15-,17-,21-/m0/s1. The third-order valence-electron chi connectivity index (χ3n) is 5.73. The lowest BCUT2D eigenvalue weighted by Crippen LogP contribution is -2.37. The average molecular weight is 410 g/mol. The van der Waals surface area contributed by atoms with Gasteiger partial charge in [0.1, 0.15) is 17.6 Å². The lowest BCUT2D eigenvalue weighted by molar-refractivity contribution is -0.183. The van der Waals surface area contributed by atoms with Crippen molar-refractivity contribution in [1.29, 1.82) is 5.26 Å². The topological polar surface area (TPSA) is 88.3 Å². The van der Waals surface area contributed by atoms with E-state index >= 15 is 0 Å². The zero-order chi connectivity index (χ0) is 20.9. The number of carbonyl (C=O) groups excluding carboxylic acids is 1. The predicted octanol–water partition coefficient (Wildman–Crippen LogP) is 3.58. The van der Waals surface area contributed by atoms with E-state index in [1.807, 2.05) is 6.07 Å². The van der Waals surface area contributed by atoms with Crippen molar-refractivity contribution in [3.8, 4) is 11.8 Å². The highest BCUT2D eigenvalue weighted by Gasteiger charge is 2.38. The van der Waals surface area contributed by atoms with Crippen molar-refractivity contribution in [2.24, 2.45) is 11.8 Å². The molecule has 1 aliphatic carbocycles. The molecular weight excluding hydrogens is 387 g/mol. The van der Waals surface area contributed by atoms with E-state index < -0.39 is 5.82 Å². The first-order valence-electron chi connectivity index (χ1n) is 10.2. The predicted molar refractivity (Wildman–Crippen MR) is 104 cm³/mol. The molecule has 0 radical (unpaired) electrons. The summed E-state index contributed by atoms with van der Waals surface area (Å²) in [5.74, 6) is 0.0889. The third-order valence-corrected chi connectivity index (χ3v) is 5.73. The Balaban J connectivity index is 1.29. The Kier molecular flexibility index (Phi) is 6.19. The van der Waals surface area contributed by atoms with E-state index in [2.05, 4.69) is 9.97 Å². The quantitative estimate of drug-likeness (QED) is 0.749. The van der Waals surface area contributed by atoms with Gasteiger partial charge in [-0.15, -0.1) is 0 Å². The van der Waals surface area contributed by atoms with Crippen LogP contribution in [0.15, 0.2) is 36.8 Å². The Morgan fingerprint density at radius 3 is 2.80 bits per heavy atom. The Hall–Kier alpha value is -3.05. The first kappa shape index (κ1) is 20.2. The maximum absolute atomic E-state index is 13.5. The molecule has 30 heavy (non-hydrogen) atoms. The van der Waals surface area contributed by atoms with E-state index in [0.29, 0.717) is 25.4 Å². The van der Waals surface area contributed by atoms with Crippen molar-refractivity contribution in [3.05, 3.63) is 53.9 Å². The van der Waals surface area contributed by atoms with Crippen LogP contribution in [-0.4, -0.2) is 34.2 Å². The van der Waals surface area contributed by atoms with Gasteiger partial charge in [0.05, 0.1) is 36.7 Å². The van der Waals surface area contributed by atoms with Crippen molar-refractivity contribution < 1.29 is 18.8 Å². The third kappa shape index (κ3) is 4.57. The van der Waals surface area contributed by atoms with Crippen LogP contribution < -0.4 is 4.74 Å². The van der Waals surface area contributed by atoms with E-state index in [9.17, 15) is 9.18 Å². The van der Waals surface area contributed by atoms with Crippen LogP contribution in [0.5, 0.6) is 5.75 Å². The van der Waals surface area contributed by atoms with Gasteiger partial charge in [0.25, 0.3) is 0 Å². The minimum Gasteiger partial charge on any atom is -0.493 e. The molecule has 1 aromatic heterocycles. The highest BCUT2D eigenvalue weighted by atomic mass is 19.1. The molecule has 0 unspecified atom stereocenters. The van der Waals surface area contributed by atoms with Gasteiger partial charge >= 0.3 is 0 Å². The Labute approximate surface area is 174 Å². The zero-order valence-electron chi connectivity index (χ0n) is 16.5. The summed E-state index contributed by atoms with van der Waals surface area (Å²) in [5.41, 5.74) is 0.986. The lowest BCUT2D eigenvalue weighted by atomic mass is 9.81. The molecule has 1 saturated heterocycles. The van der Waals surface area contributed by atoms with Gasteiger partial charge in [0, 0.05) is 30.8 Å². The number of aromatic nitrogens is 2. The molecule has 4 rings (SSSR count). The van der Waals surface area contributed by atoms with Gasteiger partial charge < -0.3 is 4.74 Å². The van der Waals surface area contributed by atoms with Gasteiger partial charge in [0.2, 0.25) is 5.91 Å². The SMILES string of the molecule is N#Cc1cc(F)cc(OC[C@H]2CC[C@H](C(=O)N3OCC[C@H]3c3cnccn3)CC2)c1. The summed E-state index contributed by atoms with van der Waals surface area (Å²) in [7, 11) is 0. The Bertz CT molecular complexity index is 926. The summed E-state index contributed by atoms with van der Waals surface area (Å²) in [6.07, 6.45) is 8.84. The van der Waals surface area contributed by atoms with Crippen molar-refractivity contribution in [3.63, 3.8) is 0 Å². The van der Waals surface area contributed by atoms with Crippen LogP contribution in [-0.2, 0) is 9.63 Å². The monoisotopic (exact) mass is 410 g/mol. The number of hydrogen-bond acceptors (Lipinski definition) is 6. The summed E-state index contributed by atoms with van der Waals surface area (Å²) >= 11 is 0. The molecule has 156 valence electrons. The molecular formula is C22H23FN4O3. The van der Waals surface area contributed by atoms with E-state index in [1.165, 1.54) is 23.3 Å². The van der Waals surface area contributed by atoms with Crippen LogP contribution in [0.3, 0.4) is 0 Å². The van der Waals surface area contributed by atoms with E-state index in [-0.39, 0.29) is 29.3 Å². The number of carbonyl (C=O) groups is 1. The molecule has 1 aromatic carbocycles. The molecule has 2 heterocycles. The number of benzene rings is 1. The Morgan fingerprint density at radius 1 is 1.23 bits per heavy atom. The second-order valence-electron chi connectivity index (χ2n) is 7.75. The second kappa shape index (κ2) is 9.18. The summed E-state index contributed by atoms with van der Waals surface area (Å²) in [6.45, 7) is 0.937. The minimum atomic E-state index is -0.485. The van der Waals surface area contributed by atoms with Gasteiger partial charge in [-0.2, -0.15) is 5.26 Å². The summed E-state index contributed by atoms with van der Waals surface area (Å²) in [4.78, 5) is 27.1. The van der Waals surface area contributed by atoms with Crippen molar-refractivity contribution >= 4 is 5.91 Å². The number of halogens is 1. The number of nitrogens with zero attached hydrogens (tertiary/aromatic N) is 4. The largest absolute Gasteiger partial charge is 0.493 e. The number of amides is 1. The molecule has 1 amide bonds. The number of rotatable bonds is 5. The second-order valence-corrected chi connectivity index (χ2v) is 7.75. The molecule has 0 N–H and O–H groups in total. The number of ether oxygens (including phenoxy) is 1. The van der Waals surface area contributed by atoms with E-state index in [1.54, 1.807) is 18.6 Å². The molecule has 2 aliphatic rings. The molecule has 1 atom stereocenters. The van der Waals surface area contributed by atoms with Crippen molar-refractivity contribution in [2.75, 3.05) is 13.2 Å². The van der Waals surface area contributed by atoms with Gasteiger partial charge in [-0.1, -0.05) is 0 Å². The van der Waals surface area contributed by atoms with E-state index in [0.717, 1.165) is 31.4 Å². The Morgan fingerprint density at radius 2 is 2.07 bits per heavy atom. The first-order valence-corrected chi connectivity index (χ1v) is 10.2. The fraction of sp³-hybridized carbons (Fsp3) is 0.455. The minimum absolute atomic E-state index is 0.00585. The van der Waals surface area contributed by atoms with Gasteiger partial charge in [-0.3, -0.25) is 19.6 Å². The molecule has 0 bridgehead atoms. The van der Waals surface area contributed by atoms with Crippen LogP contribution in [0.1, 0.15) is 49.4 Å². The smallest absolute Gasteiger partial charge is 0.249 e. The van der Waals surface area contributed by atoms with Crippen molar-refractivity contribution in [2.45, 2.75) is 38.1 Å². The highest BCUT2D eigenvalue weighted by molar-refractivity contribution is 5.78. The maximum atomic E-state index is 13.5. The van der Waals surface area contributed by atoms with Crippen LogP contribution >= 0.6 is 0 Å². The van der Waals surface area contributed by atoms with E-state index in [4.69, 9.17) is 14.8 Å². The maximum Gasteiger partial charge on any atom is 0.249 e. The molecule has 2 fully saturated rings. The molecule has 1 saturated carbocycles. The number of hydroxylamine groups is 2. The summed E-state index contributed by atoms with van der Waals surface area (Å²) in [5, 5.41) is 10.4. The molecule has 2 aromatic rings. The first-order chi connectivity index (χ1) is 14.6. The average Bonchev–Trinajstić information content (AvgIpc) is 3.28. The van der Waals surface area contributed by atoms with Gasteiger partial charge in [-0.25, -0.2) is 9.45 Å². The normalized spacial score (nSPS) is 23.7.